The minimum Gasteiger partial charge on any atom is -0.487 e. The maximum atomic E-state index is 12.8. The summed E-state index contributed by atoms with van der Waals surface area (Å²) in [5.41, 5.74) is 3.88. The summed E-state index contributed by atoms with van der Waals surface area (Å²) in [6.07, 6.45) is 1.64. The minimum absolute atomic E-state index is 0. The molecule has 1 aliphatic carbocycles. The molecule has 1 aliphatic heterocycles. The lowest BCUT2D eigenvalue weighted by molar-refractivity contribution is -0.137. The van der Waals surface area contributed by atoms with Gasteiger partial charge in [0.15, 0.2) is 0 Å². The van der Waals surface area contributed by atoms with Crippen molar-refractivity contribution in [3.05, 3.63) is 93.2 Å². The molecule has 5 rings (SSSR count). The van der Waals surface area contributed by atoms with Gasteiger partial charge in [0, 0.05) is 43.8 Å². The first-order valence-electron chi connectivity index (χ1n) is 11.9. The molecule has 2 aliphatic rings. The van der Waals surface area contributed by atoms with E-state index in [2.05, 4.69) is 28.1 Å². The molecule has 204 valence electrons. The molecule has 0 N–H and O–H groups in total. The summed E-state index contributed by atoms with van der Waals surface area (Å²) in [6, 6.07) is 11.8. The van der Waals surface area contributed by atoms with E-state index in [1.54, 1.807) is 16.8 Å². The predicted molar refractivity (Wildman–Crippen MR) is 144 cm³/mol. The summed E-state index contributed by atoms with van der Waals surface area (Å²) in [5, 5.41) is 0. The summed E-state index contributed by atoms with van der Waals surface area (Å²) in [6.45, 7) is 4.33. The van der Waals surface area contributed by atoms with Crippen LogP contribution in [0.25, 0.3) is 11.8 Å². The van der Waals surface area contributed by atoms with Crippen molar-refractivity contribution in [3.8, 4) is 5.75 Å². The zero-order valence-electron chi connectivity index (χ0n) is 20.4. The molecule has 0 radical (unpaired) electrons. The highest BCUT2D eigenvalue weighted by atomic mass is 35.5. The standard InChI is InChI=1S/C27H26F3N3O3.2ClH/c28-27(29,30)22-4-5-23(31-16-22)18-36-25-7-8-33(26(34)15-25)24-6-3-20-13-19(1-2-21(20)14-24)17-32-9-11-35-12-10-32;;/h1-2,4-5,7-8,13-16H,3,6,9-12,17-18H2;2*1H. The Kier molecular flexibility index (Phi) is 10.0. The lowest BCUT2D eigenvalue weighted by Gasteiger charge is -2.27. The number of ether oxygens (including phenoxy) is 2. The number of halogens is 5. The monoisotopic (exact) mass is 569 g/mol. The number of allylic oxidation sites excluding steroid dienone is 1. The Morgan fingerprint density at radius 3 is 2.47 bits per heavy atom. The molecule has 1 aromatic carbocycles. The van der Waals surface area contributed by atoms with Gasteiger partial charge in [-0.05, 0) is 53.8 Å². The third-order valence-corrected chi connectivity index (χ3v) is 6.43. The van der Waals surface area contributed by atoms with Crippen LogP contribution in [0.4, 0.5) is 13.2 Å². The van der Waals surface area contributed by atoms with Crippen molar-refractivity contribution in [2.75, 3.05) is 26.3 Å². The van der Waals surface area contributed by atoms with Crippen LogP contribution >= 0.6 is 24.8 Å². The van der Waals surface area contributed by atoms with E-state index in [4.69, 9.17) is 9.47 Å². The first kappa shape index (κ1) is 29.7. The molecule has 0 atom stereocenters. The number of pyridine rings is 2. The molecule has 0 amide bonds. The molecule has 6 nitrogen and oxygen atoms in total. The summed E-state index contributed by atoms with van der Waals surface area (Å²) in [7, 11) is 0. The van der Waals surface area contributed by atoms with E-state index in [-0.39, 0.29) is 37.0 Å². The van der Waals surface area contributed by atoms with Crippen LogP contribution in [0.2, 0.25) is 0 Å². The van der Waals surface area contributed by atoms with Crippen molar-refractivity contribution < 1.29 is 22.6 Å². The zero-order valence-corrected chi connectivity index (χ0v) is 22.1. The summed E-state index contributed by atoms with van der Waals surface area (Å²) >= 11 is 0. The number of aryl methyl sites for hydroxylation is 1. The number of benzene rings is 1. The molecule has 0 unspecified atom stereocenters. The molecule has 1 saturated heterocycles. The summed E-state index contributed by atoms with van der Waals surface area (Å²) < 4.78 is 50.6. The van der Waals surface area contributed by atoms with Crippen LogP contribution in [0.15, 0.2) is 59.7 Å². The van der Waals surface area contributed by atoms with E-state index < -0.39 is 11.7 Å². The number of rotatable bonds is 6. The average molecular weight is 570 g/mol. The zero-order chi connectivity index (χ0) is 25.1. The third-order valence-electron chi connectivity index (χ3n) is 6.43. The third kappa shape index (κ3) is 7.17. The molecule has 0 spiro atoms. The summed E-state index contributed by atoms with van der Waals surface area (Å²) in [5.74, 6) is 0.336. The number of alkyl halides is 3. The number of morpholine rings is 1. The SMILES string of the molecule is Cl.Cl.O=c1cc(OCc2ccc(C(F)(F)F)cn2)ccn1C1=Cc2ccc(CN3CCOCC3)cc2CC1. The Balaban J connectivity index is 0.00000200. The van der Waals surface area contributed by atoms with Gasteiger partial charge in [-0.1, -0.05) is 18.2 Å². The van der Waals surface area contributed by atoms with Crippen LogP contribution in [0.3, 0.4) is 0 Å². The van der Waals surface area contributed by atoms with Crippen LogP contribution in [-0.4, -0.2) is 40.8 Å². The Morgan fingerprint density at radius 2 is 1.79 bits per heavy atom. The molecule has 11 heteroatoms. The van der Waals surface area contributed by atoms with E-state index in [0.717, 1.165) is 69.2 Å². The van der Waals surface area contributed by atoms with Gasteiger partial charge in [-0.25, -0.2) is 0 Å². The van der Waals surface area contributed by atoms with Crippen molar-refractivity contribution in [2.24, 2.45) is 0 Å². The van der Waals surface area contributed by atoms with Crippen LogP contribution in [0.5, 0.6) is 5.75 Å². The van der Waals surface area contributed by atoms with E-state index in [1.165, 1.54) is 23.3 Å². The first-order chi connectivity index (χ1) is 17.3. The molecule has 2 aromatic heterocycles. The molecule has 0 saturated carbocycles. The largest absolute Gasteiger partial charge is 0.487 e. The molecule has 1 fully saturated rings. The minimum atomic E-state index is -4.43. The van der Waals surface area contributed by atoms with Gasteiger partial charge < -0.3 is 9.47 Å². The van der Waals surface area contributed by atoms with Crippen LogP contribution in [0.1, 0.15) is 34.4 Å². The predicted octanol–water partition coefficient (Wildman–Crippen LogP) is 5.46. The molecule has 3 heterocycles. The highest BCUT2D eigenvalue weighted by Gasteiger charge is 2.30. The molecular formula is C27H28Cl2F3N3O3. The van der Waals surface area contributed by atoms with E-state index >= 15 is 0 Å². The smallest absolute Gasteiger partial charge is 0.417 e. The molecule has 0 bridgehead atoms. The first-order valence-corrected chi connectivity index (χ1v) is 11.9. The van der Waals surface area contributed by atoms with Crippen molar-refractivity contribution >= 4 is 36.6 Å². The van der Waals surface area contributed by atoms with Crippen molar-refractivity contribution in [1.29, 1.82) is 0 Å². The van der Waals surface area contributed by atoms with Crippen molar-refractivity contribution in [1.82, 2.24) is 14.5 Å². The molecule has 3 aromatic rings. The van der Waals surface area contributed by atoms with Gasteiger partial charge in [-0.3, -0.25) is 19.2 Å². The lowest BCUT2D eigenvalue weighted by atomic mass is 9.93. The molecular weight excluding hydrogens is 542 g/mol. The van der Waals surface area contributed by atoms with Crippen molar-refractivity contribution in [3.63, 3.8) is 0 Å². The Bertz CT molecular complexity index is 1320. The Morgan fingerprint density at radius 1 is 1.00 bits per heavy atom. The number of hydrogen-bond acceptors (Lipinski definition) is 5. The number of aromatic nitrogens is 2. The second-order valence-electron chi connectivity index (χ2n) is 8.95. The fraction of sp³-hybridized carbons (Fsp3) is 0.333. The van der Waals surface area contributed by atoms with Crippen LogP contribution in [-0.2, 0) is 30.5 Å². The normalized spacial score (nSPS) is 15.5. The van der Waals surface area contributed by atoms with Gasteiger partial charge in [0.1, 0.15) is 12.4 Å². The Labute approximate surface area is 230 Å². The van der Waals surface area contributed by atoms with E-state index in [1.807, 2.05) is 6.08 Å². The maximum Gasteiger partial charge on any atom is 0.417 e. The Hall–Kier alpha value is -2.85. The second kappa shape index (κ2) is 12.8. The number of fused-ring (bicyclic) bond motifs is 1. The molecule has 38 heavy (non-hydrogen) atoms. The van der Waals surface area contributed by atoms with Gasteiger partial charge in [-0.15, -0.1) is 24.8 Å². The van der Waals surface area contributed by atoms with Gasteiger partial charge >= 0.3 is 6.18 Å². The van der Waals surface area contributed by atoms with Crippen molar-refractivity contribution in [2.45, 2.75) is 32.2 Å². The second-order valence-corrected chi connectivity index (χ2v) is 8.95. The fourth-order valence-corrected chi connectivity index (χ4v) is 4.46. The van der Waals surface area contributed by atoms with E-state index in [9.17, 15) is 18.0 Å². The quantitative estimate of drug-likeness (QED) is 0.394. The maximum absolute atomic E-state index is 12.8. The van der Waals surface area contributed by atoms with Gasteiger partial charge in [0.25, 0.3) is 5.56 Å². The van der Waals surface area contributed by atoms with Crippen LogP contribution < -0.4 is 10.3 Å². The highest BCUT2D eigenvalue weighted by Crippen LogP contribution is 2.29. The van der Waals surface area contributed by atoms with E-state index in [0.29, 0.717) is 11.4 Å². The fourth-order valence-electron chi connectivity index (χ4n) is 4.46. The van der Waals surface area contributed by atoms with Gasteiger partial charge in [0.2, 0.25) is 0 Å². The van der Waals surface area contributed by atoms with Gasteiger partial charge in [0.05, 0.1) is 24.5 Å². The van der Waals surface area contributed by atoms with Gasteiger partial charge in [-0.2, -0.15) is 13.2 Å². The van der Waals surface area contributed by atoms with Crippen LogP contribution in [0, 0.1) is 0 Å². The highest BCUT2D eigenvalue weighted by molar-refractivity contribution is 5.85. The number of hydrogen-bond donors (Lipinski definition) is 0. The summed E-state index contributed by atoms with van der Waals surface area (Å²) in [4.78, 5) is 19.0. The number of nitrogens with zero attached hydrogens (tertiary/aromatic N) is 3. The lowest BCUT2D eigenvalue weighted by Crippen LogP contribution is -2.35. The topological polar surface area (TPSA) is 56.6 Å². The average Bonchev–Trinajstić information content (AvgIpc) is 2.88.